The Morgan fingerprint density at radius 2 is 1.36 bits per heavy atom. The fourth-order valence-corrected chi connectivity index (χ4v) is 4.92. The number of fused-ring (bicyclic) bond motifs is 1. The molecule has 240 valence electrons. The van der Waals surface area contributed by atoms with Crippen LogP contribution in [-0.4, -0.2) is 63.0 Å². The fraction of sp³-hybridized carbons (Fsp3) is 0.429. The third-order valence-corrected chi connectivity index (χ3v) is 6.85. The van der Waals surface area contributed by atoms with Crippen LogP contribution in [0.2, 0.25) is 0 Å². The highest BCUT2D eigenvalue weighted by Crippen LogP contribution is 2.44. The highest BCUT2D eigenvalue weighted by molar-refractivity contribution is 6.05. The number of carbonyl (C=O) groups excluding carboxylic acids is 4. The molecule has 0 saturated heterocycles. The number of ether oxygens (including phenoxy) is 4. The Balaban J connectivity index is 2.31. The smallest absolute Gasteiger partial charge is 0.416 e. The van der Waals surface area contributed by atoms with Crippen molar-refractivity contribution < 1.29 is 64.5 Å². The maximum absolute atomic E-state index is 13.6. The summed E-state index contributed by atoms with van der Waals surface area (Å²) < 4.78 is 101. The molecule has 2 aromatic rings. The van der Waals surface area contributed by atoms with Crippen molar-refractivity contribution in [2.75, 3.05) is 32.8 Å². The van der Waals surface area contributed by atoms with Crippen LogP contribution in [0.4, 0.5) is 41.6 Å². The first-order valence-electron chi connectivity index (χ1n) is 12.9. The third kappa shape index (κ3) is 7.00. The van der Waals surface area contributed by atoms with Gasteiger partial charge < -0.3 is 18.9 Å². The Kier molecular flexibility index (Phi) is 10.1. The molecule has 0 spiro atoms. The Bertz CT molecular complexity index is 1410. The van der Waals surface area contributed by atoms with Gasteiger partial charge >= 0.3 is 36.5 Å². The Labute approximate surface area is 247 Å². The molecule has 1 heterocycles. The molecule has 44 heavy (non-hydrogen) atoms. The molecule has 2 aromatic carbocycles. The minimum absolute atomic E-state index is 0.0256. The largest absolute Gasteiger partial charge is 0.465 e. The lowest BCUT2D eigenvalue weighted by Crippen LogP contribution is -2.48. The molecule has 0 radical (unpaired) electrons. The normalized spacial score (nSPS) is 16.5. The van der Waals surface area contributed by atoms with Crippen molar-refractivity contribution in [3.05, 3.63) is 63.7 Å². The summed E-state index contributed by atoms with van der Waals surface area (Å²) in [5, 5.41) is 0. The van der Waals surface area contributed by atoms with Gasteiger partial charge in [-0.25, -0.2) is 19.2 Å². The van der Waals surface area contributed by atoms with Crippen LogP contribution < -0.4 is 4.90 Å². The van der Waals surface area contributed by atoms with E-state index >= 15 is 0 Å². The predicted molar refractivity (Wildman–Crippen MR) is 140 cm³/mol. The summed E-state index contributed by atoms with van der Waals surface area (Å²) in [5.41, 5.74) is -4.38. The molecule has 0 unspecified atom stereocenters. The molecule has 10 nitrogen and oxygen atoms in total. The fourth-order valence-electron chi connectivity index (χ4n) is 4.92. The lowest BCUT2D eigenvalue weighted by atomic mass is 9.87. The van der Waals surface area contributed by atoms with E-state index in [2.05, 4.69) is 0 Å². The van der Waals surface area contributed by atoms with Crippen molar-refractivity contribution >= 4 is 29.8 Å². The number of halogens is 6. The first kappa shape index (κ1) is 34.0. The van der Waals surface area contributed by atoms with Crippen molar-refractivity contribution in [2.24, 2.45) is 0 Å². The molecule has 0 aliphatic carbocycles. The number of carbonyl (C=O) groups is 4. The first-order chi connectivity index (χ1) is 20.5. The Morgan fingerprint density at radius 1 is 0.841 bits per heavy atom. The summed E-state index contributed by atoms with van der Waals surface area (Å²) >= 11 is 0. The number of methoxy groups -OCH3 is 3. The van der Waals surface area contributed by atoms with Crippen LogP contribution >= 0.6 is 0 Å². The predicted octanol–water partition coefficient (Wildman–Crippen LogP) is 6.36. The maximum atomic E-state index is 13.6. The van der Waals surface area contributed by atoms with Crippen molar-refractivity contribution in [1.82, 2.24) is 4.90 Å². The quantitative estimate of drug-likeness (QED) is 0.205. The van der Waals surface area contributed by atoms with E-state index < -0.39 is 71.8 Å². The average Bonchev–Trinajstić information content (AvgIpc) is 2.96. The van der Waals surface area contributed by atoms with E-state index in [0.717, 1.165) is 43.3 Å². The highest BCUT2D eigenvalue weighted by atomic mass is 19.4. The summed E-state index contributed by atoms with van der Waals surface area (Å²) in [6.07, 6.45) is -12.4. The molecule has 1 aliphatic rings. The van der Waals surface area contributed by atoms with E-state index in [1.54, 1.807) is 13.8 Å². The molecule has 0 N–H and O–H groups in total. The maximum Gasteiger partial charge on any atom is 0.416 e. The summed E-state index contributed by atoms with van der Waals surface area (Å²) in [6, 6.07) is 1.18. The standard InChI is InChI=1S/C28H28F6N2O8/c1-6-44-26(40)36-14(2)7-21(20-11-18(23(37)41-3)19(12-22(20)36)24(38)42-4)35(25(39)43-5)13-15-8-16(27(29,30)31)10-17(9-15)28(32,33)34/h8-12,14,21H,6-7,13H2,1-5H3/t14-,21+/m0/s1. The monoisotopic (exact) mass is 634 g/mol. The number of hydrogen-bond acceptors (Lipinski definition) is 8. The molecule has 16 heteroatoms. The van der Waals surface area contributed by atoms with Crippen molar-refractivity contribution in [3.8, 4) is 0 Å². The molecule has 2 amide bonds. The van der Waals surface area contributed by atoms with Gasteiger partial charge in [0.05, 0.1) is 61.9 Å². The van der Waals surface area contributed by atoms with Crippen LogP contribution in [0.5, 0.6) is 0 Å². The SMILES string of the molecule is CCOC(=O)N1c2cc(C(=O)OC)c(C(=O)OC)cc2[C@H](N(Cc2cc(C(F)(F)F)cc(C(F)(F)F)c2)C(=O)OC)C[C@@H]1C. The molecule has 0 saturated carbocycles. The number of amides is 2. The van der Waals surface area contributed by atoms with Crippen LogP contribution in [0.25, 0.3) is 0 Å². The second-order valence-corrected chi connectivity index (χ2v) is 9.62. The minimum Gasteiger partial charge on any atom is -0.465 e. The second kappa shape index (κ2) is 13.0. The molecule has 1 aliphatic heterocycles. The zero-order chi connectivity index (χ0) is 33.1. The van der Waals surface area contributed by atoms with Crippen LogP contribution in [0.15, 0.2) is 30.3 Å². The molecule has 0 fully saturated rings. The van der Waals surface area contributed by atoms with Gasteiger partial charge in [-0.2, -0.15) is 26.3 Å². The Morgan fingerprint density at radius 3 is 1.82 bits per heavy atom. The van der Waals surface area contributed by atoms with E-state index in [4.69, 9.17) is 18.9 Å². The van der Waals surface area contributed by atoms with Crippen molar-refractivity contribution in [3.63, 3.8) is 0 Å². The first-order valence-corrected chi connectivity index (χ1v) is 12.9. The lowest BCUT2D eigenvalue weighted by molar-refractivity contribution is -0.143. The van der Waals surface area contributed by atoms with Gasteiger partial charge in [0.2, 0.25) is 0 Å². The van der Waals surface area contributed by atoms with Gasteiger partial charge in [-0.3, -0.25) is 9.80 Å². The van der Waals surface area contributed by atoms with Gasteiger partial charge in [0.1, 0.15) is 0 Å². The van der Waals surface area contributed by atoms with Gasteiger partial charge in [0.25, 0.3) is 0 Å². The average molecular weight is 635 g/mol. The van der Waals surface area contributed by atoms with E-state index in [1.807, 2.05) is 0 Å². The molecule has 3 rings (SSSR count). The zero-order valence-electron chi connectivity index (χ0n) is 24.1. The van der Waals surface area contributed by atoms with E-state index in [1.165, 1.54) is 0 Å². The summed E-state index contributed by atoms with van der Waals surface area (Å²) in [6.45, 7) is 2.23. The summed E-state index contributed by atoms with van der Waals surface area (Å²) in [7, 11) is 3.03. The number of nitrogens with zero attached hydrogens (tertiary/aromatic N) is 2. The number of benzene rings is 2. The number of rotatable bonds is 6. The second-order valence-electron chi connectivity index (χ2n) is 9.62. The van der Waals surface area contributed by atoms with Crippen LogP contribution in [0.3, 0.4) is 0 Å². The number of alkyl halides is 6. The van der Waals surface area contributed by atoms with E-state index in [0.29, 0.717) is 12.1 Å². The zero-order valence-corrected chi connectivity index (χ0v) is 24.1. The number of hydrogen-bond donors (Lipinski definition) is 0. The van der Waals surface area contributed by atoms with Gasteiger partial charge in [-0.1, -0.05) is 0 Å². The lowest BCUT2D eigenvalue weighted by Gasteiger charge is -2.42. The number of anilines is 1. The van der Waals surface area contributed by atoms with Gasteiger partial charge in [0.15, 0.2) is 0 Å². The van der Waals surface area contributed by atoms with Gasteiger partial charge in [-0.05, 0) is 61.7 Å². The van der Waals surface area contributed by atoms with Crippen molar-refractivity contribution in [2.45, 2.75) is 51.2 Å². The molecule has 2 atom stereocenters. The van der Waals surface area contributed by atoms with Crippen molar-refractivity contribution in [1.29, 1.82) is 0 Å². The van der Waals surface area contributed by atoms with Crippen LogP contribution in [0.1, 0.15) is 69.3 Å². The molecular weight excluding hydrogens is 606 g/mol. The number of esters is 2. The van der Waals surface area contributed by atoms with E-state index in [-0.39, 0.29) is 41.5 Å². The van der Waals surface area contributed by atoms with E-state index in [9.17, 15) is 45.5 Å². The van der Waals surface area contributed by atoms with Gasteiger partial charge in [0, 0.05) is 12.6 Å². The summed E-state index contributed by atoms with van der Waals surface area (Å²) in [5.74, 6) is -1.99. The van der Waals surface area contributed by atoms with Gasteiger partial charge in [-0.15, -0.1) is 0 Å². The van der Waals surface area contributed by atoms with Crippen LogP contribution in [0, 0.1) is 0 Å². The third-order valence-electron chi connectivity index (χ3n) is 6.85. The minimum atomic E-state index is -5.14. The highest BCUT2D eigenvalue weighted by Gasteiger charge is 2.42. The topological polar surface area (TPSA) is 112 Å². The molecule has 0 bridgehead atoms. The van der Waals surface area contributed by atoms with Crippen LogP contribution in [-0.2, 0) is 37.8 Å². The molecular formula is C28H28F6N2O8. The summed E-state index contributed by atoms with van der Waals surface area (Å²) in [4.78, 5) is 53.4. The Hall–Kier alpha value is -4.50. The molecule has 0 aromatic heterocycles.